The summed E-state index contributed by atoms with van der Waals surface area (Å²) >= 11 is 0. The second-order valence-corrected chi connectivity index (χ2v) is 5.31. The van der Waals surface area contributed by atoms with Gasteiger partial charge in [-0.05, 0) is 13.8 Å². The number of hydrogen-bond donors (Lipinski definition) is 1. The van der Waals surface area contributed by atoms with Gasteiger partial charge in [-0.3, -0.25) is 9.36 Å². The summed E-state index contributed by atoms with van der Waals surface area (Å²) in [4.78, 5) is 11.1. The van der Waals surface area contributed by atoms with Crippen LogP contribution in [0.5, 0.6) is 5.75 Å². The fourth-order valence-corrected chi connectivity index (χ4v) is 1.98. The Morgan fingerprint density at radius 3 is 1.95 bits per heavy atom. The van der Waals surface area contributed by atoms with E-state index in [0.29, 0.717) is 0 Å². The lowest BCUT2D eigenvalue weighted by Crippen LogP contribution is -2.23. The zero-order valence-corrected chi connectivity index (χ0v) is 12.3. The van der Waals surface area contributed by atoms with Gasteiger partial charge in [0.25, 0.3) is 0 Å². The molecule has 0 spiro atoms. The molecule has 11 heteroatoms. The molecule has 1 unspecified atom stereocenters. The Balaban J connectivity index is 2.79. The molecule has 1 N–H and O–H groups in total. The summed E-state index contributed by atoms with van der Waals surface area (Å²) in [5, 5.41) is 1.92. The van der Waals surface area contributed by atoms with Gasteiger partial charge in [-0.15, -0.1) is 0 Å². The molecule has 1 atom stereocenters. The third-order valence-electron chi connectivity index (χ3n) is 2.11. The summed E-state index contributed by atoms with van der Waals surface area (Å²) in [6.07, 6.45) is -0.451. The first-order valence-electron chi connectivity index (χ1n) is 5.81. The Morgan fingerprint density at radius 1 is 1.05 bits per heavy atom. The molecule has 0 amide bonds. The zero-order valence-electron chi connectivity index (χ0n) is 11.3. The second-order valence-electron chi connectivity index (χ2n) is 4.18. The maximum atomic E-state index is 13.2. The Morgan fingerprint density at radius 2 is 1.50 bits per heavy atom. The number of esters is 1. The number of nitrogens with one attached hydrogen (secondary N) is 1. The van der Waals surface area contributed by atoms with E-state index in [0.717, 1.165) is 0 Å². The number of rotatable bonds is 6. The number of halogens is 5. The highest BCUT2D eigenvalue weighted by Crippen LogP contribution is 2.33. The van der Waals surface area contributed by atoms with Gasteiger partial charge in [-0.1, -0.05) is 0 Å². The lowest BCUT2D eigenvalue weighted by atomic mass is 10.3. The van der Waals surface area contributed by atoms with Gasteiger partial charge in [0.15, 0.2) is 0 Å². The van der Waals surface area contributed by atoms with Crippen molar-refractivity contribution in [1.82, 2.24) is 5.09 Å². The molecule has 1 aromatic carbocycles. The van der Waals surface area contributed by atoms with Crippen molar-refractivity contribution in [3.63, 3.8) is 0 Å². The summed E-state index contributed by atoms with van der Waals surface area (Å²) < 4.78 is 85.3. The number of benzene rings is 1. The second kappa shape index (κ2) is 7.55. The van der Waals surface area contributed by atoms with Gasteiger partial charge in [0, 0.05) is 0 Å². The minimum atomic E-state index is -3.50. The average molecular weight is 347 g/mol. The van der Waals surface area contributed by atoms with E-state index in [4.69, 9.17) is 0 Å². The highest BCUT2D eigenvalue weighted by molar-refractivity contribution is 7.37. The average Bonchev–Trinajstić information content (AvgIpc) is 2.45. The summed E-state index contributed by atoms with van der Waals surface area (Å²) in [6.45, 7) is 2.46. The van der Waals surface area contributed by atoms with Crippen LogP contribution in [-0.4, -0.2) is 18.6 Å². The molecule has 0 aliphatic heterocycles. The van der Waals surface area contributed by atoms with Crippen molar-refractivity contribution < 1.29 is 40.6 Å². The van der Waals surface area contributed by atoms with E-state index < -0.39 is 61.6 Å². The molecule has 1 aromatic rings. The summed E-state index contributed by atoms with van der Waals surface area (Å²) in [5.41, 5.74) is 0. The van der Waals surface area contributed by atoms with Crippen molar-refractivity contribution in [3.05, 3.63) is 29.1 Å². The number of ether oxygens (including phenoxy) is 1. The van der Waals surface area contributed by atoms with Gasteiger partial charge >= 0.3 is 14.1 Å². The number of carbonyl (C=O) groups excluding carboxylic acids is 1. The van der Waals surface area contributed by atoms with Crippen molar-refractivity contribution in [3.8, 4) is 5.75 Å². The fourth-order valence-electron chi connectivity index (χ4n) is 1.25. The molecule has 5 nitrogen and oxygen atoms in total. The summed E-state index contributed by atoms with van der Waals surface area (Å²) in [5.74, 6) is -13.9. The van der Waals surface area contributed by atoms with E-state index in [1.807, 2.05) is 5.09 Å². The first-order valence-corrected chi connectivity index (χ1v) is 7.13. The molecule has 0 heterocycles. The molecular formula is C11H11F5NO4P. The summed E-state index contributed by atoms with van der Waals surface area (Å²) in [6, 6.07) is 0. The van der Waals surface area contributed by atoms with Crippen LogP contribution in [0.4, 0.5) is 22.0 Å². The van der Waals surface area contributed by atoms with Crippen LogP contribution < -0.4 is 9.61 Å². The molecule has 22 heavy (non-hydrogen) atoms. The van der Waals surface area contributed by atoms with Crippen LogP contribution in [0.25, 0.3) is 0 Å². The monoisotopic (exact) mass is 347 g/mol. The van der Waals surface area contributed by atoms with Crippen molar-refractivity contribution in [2.45, 2.75) is 20.0 Å². The van der Waals surface area contributed by atoms with E-state index in [2.05, 4.69) is 9.26 Å². The molecule has 0 aromatic heterocycles. The van der Waals surface area contributed by atoms with Crippen LogP contribution in [0, 0.1) is 29.1 Å². The van der Waals surface area contributed by atoms with Crippen molar-refractivity contribution in [2.24, 2.45) is 0 Å². The van der Waals surface area contributed by atoms with E-state index in [9.17, 15) is 31.3 Å². The molecular weight excluding hydrogens is 336 g/mol. The Labute approximate surface area is 122 Å². The Bertz CT molecular complexity index is 582. The van der Waals surface area contributed by atoms with E-state index in [1.54, 1.807) is 13.8 Å². The van der Waals surface area contributed by atoms with Crippen molar-refractivity contribution in [2.75, 3.05) is 6.54 Å². The topological polar surface area (TPSA) is 64.6 Å². The molecule has 0 fully saturated rings. The van der Waals surface area contributed by atoms with E-state index in [-0.39, 0.29) is 0 Å². The molecule has 0 aliphatic rings. The van der Waals surface area contributed by atoms with Gasteiger partial charge in [-0.2, -0.15) is 8.78 Å². The minimum absolute atomic E-state index is 0.451. The standard InChI is InChI=1S/C11H11F5NO4P/c1-4(2)20-5(18)3-17-22(19)21-11-9(15)7(13)6(12)8(14)10(11)16/h4,22H,3H2,1-2H3,(H,17,19). The molecule has 0 saturated heterocycles. The number of hydrogen-bond acceptors (Lipinski definition) is 4. The lowest BCUT2D eigenvalue weighted by molar-refractivity contribution is -0.145. The molecule has 0 radical (unpaired) electrons. The van der Waals surface area contributed by atoms with Crippen molar-refractivity contribution >= 4 is 14.1 Å². The smallest absolute Gasteiger partial charge is 0.320 e. The van der Waals surface area contributed by atoms with Crippen LogP contribution in [0.3, 0.4) is 0 Å². The van der Waals surface area contributed by atoms with Gasteiger partial charge < -0.3 is 9.26 Å². The first kappa shape index (κ1) is 18.4. The van der Waals surface area contributed by atoms with Crippen LogP contribution in [0.1, 0.15) is 13.8 Å². The van der Waals surface area contributed by atoms with Gasteiger partial charge in [0.2, 0.25) is 34.8 Å². The summed E-state index contributed by atoms with van der Waals surface area (Å²) in [7, 11) is -3.50. The maximum Gasteiger partial charge on any atom is 0.320 e. The highest BCUT2D eigenvalue weighted by Gasteiger charge is 2.28. The fraction of sp³-hybridized carbons (Fsp3) is 0.364. The zero-order chi connectivity index (χ0) is 17.0. The lowest BCUT2D eigenvalue weighted by Gasteiger charge is -2.11. The van der Waals surface area contributed by atoms with Crippen LogP contribution in [-0.2, 0) is 14.1 Å². The molecule has 0 saturated carbocycles. The van der Waals surface area contributed by atoms with Gasteiger partial charge in [0.1, 0.15) is 6.54 Å². The predicted octanol–water partition coefficient (Wildman–Crippen LogP) is 2.69. The third kappa shape index (κ3) is 4.41. The van der Waals surface area contributed by atoms with E-state index >= 15 is 0 Å². The molecule has 1 rings (SSSR count). The largest absolute Gasteiger partial charge is 0.462 e. The molecule has 0 aliphatic carbocycles. The highest BCUT2D eigenvalue weighted by atomic mass is 31.1. The molecule has 124 valence electrons. The third-order valence-corrected chi connectivity index (χ3v) is 2.96. The minimum Gasteiger partial charge on any atom is -0.462 e. The van der Waals surface area contributed by atoms with Crippen molar-refractivity contribution in [1.29, 1.82) is 0 Å². The first-order chi connectivity index (χ1) is 10.1. The van der Waals surface area contributed by atoms with Crippen LogP contribution in [0.2, 0.25) is 0 Å². The predicted molar refractivity (Wildman–Crippen MR) is 65.1 cm³/mol. The Kier molecular flexibility index (Phi) is 6.31. The molecule has 0 bridgehead atoms. The number of carbonyl (C=O) groups is 1. The SMILES string of the molecule is CC(C)OC(=O)CN[PH](=O)Oc1c(F)c(F)c(F)c(F)c1F. The Hall–Kier alpha value is -1.67. The van der Waals surface area contributed by atoms with Gasteiger partial charge in [0.05, 0.1) is 6.10 Å². The van der Waals surface area contributed by atoms with Crippen LogP contribution in [0.15, 0.2) is 0 Å². The van der Waals surface area contributed by atoms with Gasteiger partial charge in [-0.25, -0.2) is 18.3 Å². The maximum absolute atomic E-state index is 13.2. The van der Waals surface area contributed by atoms with Crippen LogP contribution >= 0.6 is 8.18 Å². The van der Waals surface area contributed by atoms with E-state index in [1.165, 1.54) is 0 Å². The quantitative estimate of drug-likeness (QED) is 0.282. The normalized spacial score (nSPS) is 12.4.